The van der Waals surface area contributed by atoms with Crippen LogP contribution in [-0.2, 0) is 11.2 Å². The van der Waals surface area contributed by atoms with E-state index in [1.54, 1.807) is 0 Å². The third-order valence-corrected chi connectivity index (χ3v) is 5.83. The number of guanidine groups is 1. The average molecular weight is 569 g/mol. The lowest BCUT2D eigenvalue weighted by molar-refractivity contribution is 0.0315. The second-order valence-corrected chi connectivity index (χ2v) is 8.24. The topological polar surface area (TPSA) is 40.1 Å². The Kier molecular flexibility index (Phi) is 10.5. The van der Waals surface area contributed by atoms with Crippen LogP contribution in [0.1, 0.15) is 18.4 Å². The molecule has 0 amide bonds. The molecule has 0 radical (unpaired) electrons. The van der Waals surface area contributed by atoms with Crippen molar-refractivity contribution in [3.63, 3.8) is 0 Å². The zero-order chi connectivity index (χ0) is 19.1. The second kappa shape index (κ2) is 12.3. The highest BCUT2D eigenvalue weighted by Gasteiger charge is 2.26. The number of aryl methyl sites for hydroxylation is 1. The fourth-order valence-electron chi connectivity index (χ4n) is 3.86. The fraction of sp³-hybridized carbons (Fsp3) is 0.650. The van der Waals surface area contributed by atoms with E-state index in [2.05, 4.69) is 36.0 Å². The minimum Gasteiger partial charge on any atom is -0.379 e. The maximum atomic E-state index is 13.9. The molecule has 1 aromatic rings. The normalized spacial score (nSPS) is 20.9. The quantitative estimate of drug-likeness (QED) is 0.247. The molecule has 1 N–H and O–H groups in total. The SMILES string of the molecule is CN=C(NCCCc1ccc(Br)cc1F)N1CCC(CN2CCOCC2)C1.I. The molecular weight excluding hydrogens is 538 g/mol. The van der Waals surface area contributed by atoms with Crippen molar-refractivity contribution < 1.29 is 9.13 Å². The number of aliphatic imine (C=N–C) groups is 1. The van der Waals surface area contributed by atoms with Crippen LogP contribution in [0.3, 0.4) is 0 Å². The van der Waals surface area contributed by atoms with E-state index in [1.807, 2.05) is 19.2 Å². The van der Waals surface area contributed by atoms with Gasteiger partial charge in [-0.1, -0.05) is 22.0 Å². The van der Waals surface area contributed by atoms with Gasteiger partial charge in [-0.15, -0.1) is 24.0 Å². The molecule has 8 heteroatoms. The molecule has 158 valence electrons. The van der Waals surface area contributed by atoms with Gasteiger partial charge in [0.15, 0.2) is 5.96 Å². The first kappa shape index (κ1) is 23.8. The van der Waals surface area contributed by atoms with E-state index in [1.165, 1.54) is 12.5 Å². The predicted molar refractivity (Wildman–Crippen MR) is 126 cm³/mol. The van der Waals surface area contributed by atoms with Gasteiger partial charge in [0.05, 0.1) is 13.2 Å². The lowest BCUT2D eigenvalue weighted by atomic mass is 10.1. The number of likely N-dealkylation sites (tertiary alicyclic amines) is 1. The Morgan fingerprint density at radius 3 is 2.82 bits per heavy atom. The van der Waals surface area contributed by atoms with Crippen molar-refractivity contribution in [3.05, 3.63) is 34.1 Å². The van der Waals surface area contributed by atoms with Gasteiger partial charge in [-0.2, -0.15) is 0 Å². The van der Waals surface area contributed by atoms with E-state index in [-0.39, 0.29) is 29.8 Å². The minimum absolute atomic E-state index is 0. The number of halogens is 3. The van der Waals surface area contributed by atoms with Crippen molar-refractivity contribution in [3.8, 4) is 0 Å². The lowest BCUT2D eigenvalue weighted by Crippen LogP contribution is -2.42. The second-order valence-electron chi connectivity index (χ2n) is 7.33. The van der Waals surface area contributed by atoms with Crippen LogP contribution in [0.5, 0.6) is 0 Å². The molecule has 0 bridgehead atoms. The lowest BCUT2D eigenvalue weighted by Gasteiger charge is -2.29. The summed E-state index contributed by atoms with van der Waals surface area (Å²) in [5, 5.41) is 3.45. The van der Waals surface area contributed by atoms with Gasteiger partial charge in [-0.25, -0.2) is 4.39 Å². The van der Waals surface area contributed by atoms with E-state index < -0.39 is 0 Å². The Labute approximate surface area is 193 Å². The van der Waals surface area contributed by atoms with Crippen LogP contribution in [0.2, 0.25) is 0 Å². The van der Waals surface area contributed by atoms with E-state index in [0.717, 1.165) is 81.3 Å². The Morgan fingerprint density at radius 1 is 1.32 bits per heavy atom. The van der Waals surface area contributed by atoms with Crippen molar-refractivity contribution in [2.24, 2.45) is 10.9 Å². The molecule has 1 aromatic carbocycles. The molecule has 2 aliphatic rings. The first-order valence-corrected chi connectivity index (χ1v) is 10.6. The summed E-state index contributed by atoms with van der Waals surface area (Å²) in [6, 6.07) is 5.27. The molecule has 28 heavy (non-hydrogen) atoms. The maximum absolute atomic E-state index is 13.9. The first-order chi connectivity index (χ1) is 13.2. The van der Waals surface area contributed by atoms with Crippen LogP contribution in [0.4, 0.5) is 4.39 Å². The van der Waals surface area contributed by atoms with Gasteiger partial charge < -0.3 is 15.0 Å². The van der Waals surface area contributed by atoms with E-state index in [0.29, 0.717) is 5.92 Å². The van der Waals surface area contributed by atoms with Crippen molar-refractivity contribution in [2.75, 3.05) is 59.5 Å². The molecule has 5 nitrogen and oxygen atoms in total. The highest BCUT2D eigenvalue weighted by atomic mass is 127. The molecule has 3 rings (SSSR count). The maximum Gasteiger partial charge on any atom is 0.193 e. The van der Waals surface area contributed by atoms with E-state index in [9.17, 15) is 4.39 Å². The molecule has 2 saturated heterocycles. The summed E-state index contributed by atoms with van der Waals surface area (Å²) in [7, 11) is 1.84. The fourth-order valence-corrected chi connectivity index (χ4v) is 4.19. The molecular formula is C20H31BrFIN4O. The molecule has 2 heterocycles. The summed E-state index contributed by atoms with van der Waals surface area (Å²) in [6.07, 6.45) is 2.81. The molecule has 2 fully saturated rings. The molecule has 0 spiro atoms. The number of nitrogens with zero attached hydrogens (tertiary/aromatic N) is 3. The number of benzene rings is 1. The number of hydrogen-bond donors (Lipinski definition) is 1. The van der Waals surface area contributed by atoms with E-state index in [4.69, 9.17) is 4.74 Å². The van der Waals surface area contributed by atoms with Gasteiger partial charge in [0.2, 0.25) is 0 Å². The summed E-state index contributed by atoms with van der Waals surface area (Å²) in [4.78, 5) is 9.31. The van der Waals surface area contributed by atoms with Crippen LogP contribution in [-0.4, -0.2) is 75.3 Å². The summed E-state index contributed by atoms with van der Waals surface area (Å²) in [6.45, 7) is 7.88. The first-order valence-electron chi connectivity index (χ1n) is 9.85. The molecule has 2 aliphatic heterocycles. The number of ether oxygens (including phenoxy) is 1. The van der Waals surface area contributed by atoms with Crippen LogP contribution in [0, 0.1) is 11.7 Å². The Bertz CT molecular complexity index is 643. The highest BCUT2D eigenvalue weighted by molar-refractivity contribution is 14.0. The van der Waals surface area contributed by atoms with Crippen molar-refractivity contribution >= 4 is 45.9 Å². The third kappa shape index (κ3) is 7.11. The molecule has 1 unspecified atom stereocenters. The van der Waals surface area contributed by atoms with Gasteiger partial charge in [0.25, 0.3) is 0 Å². The monoisotopic (exact) mass is 568 g/mol. The molecule has 0 aliphatic carbocycles. The summed E-state index contributed by atoms with van der Waals surface area (Å²) in [5.41, 5.74) is 0.765. The van der Waals surface area contributed by atoms with Crippen LogP contribution >= 0.6 is 39.9 Å². The van der Waals surface area contributed by atoms with Gasteiger partial charge in [-0.3, -0.25) is 9.89 Å². The zero-order valence-corrected chi connectivity index (χ0v) is 20.4. The van der Waals surface area contributed by atoms with Crippen LogP contribution < -0.4 is 5.32 Å². The largest absolute Gasteiger partial charge is 0.379 e. The Balaban J connectivity index is 0.00000280. The van der Waals surface area contributed by atoms with Gasteiger partial charge in [-0.05, 0) is 42.9 Å². The van der Waals surface area contributed by atoms with Crippen LogP contribution in [0.15, 0.2) is 27.7 Å². The molecule has 0 aromatic heterocycles. The van der Waals surface area contributed by atoms with Crippen LogP contribution in [0.25, 0.3) is 0 Å². The number of rotatable bonds is 6. The minimum atomic E-state index is -0.140. The Hall–Kier alpha value is -0.450. The molecule has 0 saturated carbocycles. The Morgan fingerprint density at radius 2 is 2.11 bits per heavy atom. The summed E-state index contributed by atoms with van der Waals surface area (Å²) < 4.78 is 20.1. The predicted octanol–water partition coefficient (Wildman–Crippen LogP) is 3.37. The van der Waals surface area contributed by atoms with E-state index >= 15 is 0 Å². The zero-order valence-electron chi connectivity index (χ0n) is 16.5. The van der Waals surface area contributed by atoms with Gasteiger partial charge in [0, 0.05) is 50.8 Å². The van der Waals surface area contributed by atoms with Gasteiger partial charge >= 0.3 is 0 Å². The highest BCUT2D eigenvalue weighted by Crippen LogP contribution is 2.19. The van der Waals surface area contributed by atoms with Gasteiger partial charge in [0.1, 0.15) is 5.82 Å². The molecule has 1 atom stereocenters. The summed E-state index contributed by atoms with van der Waals surface area (Å²) in [5.74, 6) is 1.52. The average Bonchev–Trinajstić information content (AvgIpc) is 3.12. The number of nitrogens with one attached hydrogen (secondary N) is 1. The van der Waals surface area contributed by atoms with Crippen molar-refractivity contribution in [2.45, 2.75) is 19.3 Å². The van der Waals surface area contributed by atoms with Crippen molar-refractivity contribution in [1.29, 1.82) is 0 Å². The smallest absolute Gasteiger partial charge is 0.193 e. The standard InChI is InChI=1S/C20H30BrFN4O.HI/c1-23-20(24-7-2-3-17-4-5-18(21)13-19(17)22)26-8-6-16(15-26)14-25-9-11-27-12-10-25;/h4-5,13,16H,2-3,6-12,14-15H2,1H3,(H,23,24);1H. The number of hydrogen-bond acceptors (Lipinski definition) is 3. The summed E-state index contributed by atoms with van der Waals surface area (Å²) >= 11 is 3.30. The van der Waals surface area contributed by atoms with Crippen molar-refractivity contribution in [1.82, 2.24) is 15.1 Å². The third-order valence-electron chi connectivity index (χ3n) is 5.34. The number of morpholine rings is 1.